The number of aromatic nitrogens is 5. The maximum absolute atomic E-state index is 4.99. The predicted octanol–water partition coefficient (Wildman–Crippen LogP) is 10.1. The van der Waals surface area contributed by atoms with Crippen LogP contribution in [-0.4, -0.2) is 30.5 Å². The molecule has 5 aromatic carbocycles. The van der Waals surface area contributed by atoms with E-state index in [1.165, 1.54) is 27.7 Å². The number of nitrogens with zero attached hydrogens (tertiary/aromatic N) is 6. The summed E-state index contributed by atoms with van der Waals surface area (Å²) in [5, 5.41) is 2.43. The van der Waals surface area contributed by atoms with Crippen LogP contribution in [-0.2, 0) is 0 Å². The molecule has 10 rings (SSSR count). The lowest BCUT2D eigenvalue weighted by Gasteiger charge is -2.28. The van der Waals surface area contributed by atoms with Crippen LogP contribution in [0.4, 0.5) is 11.4 Å². The molecule has 0 spiro atoms. The van der Waals surface area contributed by atoms with Gasteiger partial charge in [0, 0.05) is 51.0 Å². The first-order chi connectivity index (χ1) is 24.8. The first-order valence-electron chi connectivity index (χ1n) is 16.9. The minimum atomic E-state index is 0.218. The summed E-state index contributed by atoms with van der Waals surface area (Å²) in [4.78, 5) is 22.1. The molecular formula is C44H30N6. The van der Waals surface area contributed by atoms with E-state index in [0.29, 0.717) is 17.5 Å². The average Bonchev–Trinajstić information content (AvgIpc) is 3.70. The van der Waals surface area contributed by atoms with Crippen molar-refractivity contribution in [3.8, 4) is 39.9 Å². The van der Waals surface area contributed by atoms with Gasteiger partial charge in [0.05, 0.1) is 29.0 Å². The molecule has 2 unspecified atom stereocenters. The molecule has 0 amide bonds. The summed E-state index contributed by atoms with van der Waals surface area (Å²) < 4.78 is 2.33. The second kappa shape index (κ2) is 11.5. The Hall–Kier alpha value is -6.66. The Labute approximate surface area is 289 Å². The van der Waals surface area contributed by atoms with Crippen LogP contribution in [0.15, 0.2) is 170 Å². The summed E-state index contributed by atoms with van der Waals surface area (Å²) in [5.41, 5.74) is 9.62. The van der Waals surface area contributed by atoms with Gasteiger partial charge in [0.25, 0.3) is 0 Å². The van der Waals surface area contributed by atoms with Crippen molar-refractivity contribution in [2.45, 2.75) is 12.0 Å². The van der Waals surface area contributed by atoms with Gasteiger partial charge < -0.3 is 9.47 Å². The van der Waals surface area contributed by atoms with Crippen molar-refractivity contribution in [3.63, 3.8) is 0 Å². The third kappa shape index (κ3) is 4.57. The summed E-state index contributed by atoms with van der Waals surface area (Å²) >= 11 is 0. The highest BCUT2D eigenvalue weighted by atomic mass is 15.2. The predicted molar refractivity (Wildman–Crippen MR) is 202 cm³/mol. The summed E-state index contributed by atoms with van der Waals surface area (Å²) in [6.07, 6.45) is 12.8. The number of rotatable bonds is 5. The van der Waals surface area contributed by atoms with E-state index in [0.717, 1.165) is 33.4 Å². The van der Waals surface area contributed by atoms with E-state index in [4.69, 9.17) is 19.9 Å². The van der Waals surface area contributed by atoms with Gasteiger partial charge in [-0.15, -0.1) is 0 Å². The van der Waals surface area contributed by atoms with Crippen LogP contribution in [0.5, 0.6) is 0 Å². The second-order valence-corrected chi connectivity index (χ2v) is 12.7. The molecule has 0 N–H and O–H groups in total. The third-order valence-electron chi connectivity index (χ3n) is 9.82. The highest BCUT2D eigenvalue weighted by molar-refractivity contribution is 6.11. The molecule has 4 heterocycles. The largest absolute Gasteiger partial charge is 0.333 e. The van der Waals surface area contributed by atoms with Gasteiger partial charge in [-0.3, -0.25) is 4.98 Å². The fourth-order valence-electron chi connectivity index (χ4n) is 7.57. The molecule has 2 aliphatic rings. The zero-order chi connectivity index (χ0) is 33.0. The maximum atomic E-state index is 4.99. The van der Waals surface area contributed by atoms with Crippen molar-refractivity contribution in [2.24, 2.45) is 0 Å². The molecule has 0 bridgehead atoms. The molecule has 236 valence electrons. The highest BCUT2D eigenvalue weighted by Crippen LogP contribution is 2.50. The van der Waals surface area contributed by atoms with Crippen LogP contribution < -0.4 is 4.90 Å². The van der Waals surface area contributed by atoms with Crippen LogP contribution >= 0.6 is 0 Å². The zero-order valence-electron chi connectivity index (χ0n) is 27.0. The van der Waals surface area contributed by atoms with E-state index in [-0.39, 0.29) is 12.0 Å². The molecule has 3 aromatic heterocycles. The molecule has 2 atom stereocenters. The van der Waals surface area contributed by atoms with Crippen molar-refractivity contribution >= 4 is 33.2 Å². The Balaban J connectivity index is 1.18. The van der Waals surface area contributed by atoms with E-state index in [1.807, 2.05) is 73.1 Å². The number of pyridine rings is 1. The van der Waals surface area contributed by atoms with Gasteiger partial charge in [0.1, 0.15) is 0 Å². The van der Waals surface area contributed by atoms with E-state index in [2.05, 4.69) is 107 Å². The fourth-order valence-corrected chi connectivity index (χ4v) is 7.57. The van der Waals surface area contributed by atoms with Gasteiger partial charge in [-0.2, -0.15) is 0 Å². The minimum absolute atomic E-state index is 0.218. The molecule has 50 heavy (non-hydrogen) atoms. The molecule has 6 nitrogen and oxygen atoms in total. The van der Waals surface area contributed by atoms with Crippen LogP contribution in [0.25, 0.3) is 61.7 Å². The fraction of sp³-hybridized carbons (Fsp3) is 0.0455. The van der Waals surface area contributed by atoms with Crippen molar-refractivity contribution in [1.29, 1.82) is 0 Å². The number of benzene rings is 5. The van der Waals surface area contributed by atoms with Crippen LogP contribution in [0, 0.1) is 0 Å². The SMILES string of the molecule is C1=CC2c3cc4c5ccccc5n(-c5cncc(-c6nc(-c7ccccc7)nc(-c7ccccc7)n6)c5)c4cc3N(c3ccccc3)C2C=C1. The Morgan fingerprint density at radius 3 is 1.82 bits per heavy atom. The van der Waals surface area contributed by atoms with Crippen molar-refractivity contribution in [2.75, 3.05) is 4.90 Å². The van der Waals surface area contributed by atoms with Gasteiger partial charge >= 0.3 is 0 Å². The highest BCUT2D eigenvalue weighted by Gasteiger charge is 2.38. The number of anilines is 2. The first-order valence-corrected chi connectivity index (χ1v) is 16.9. The summed E-state index contributed by atoms with van der Waals surface area (Å²) in [7, 11) is 0. The van der Waals surface area contributed by atoms with E-state index in [1.54, 1.807) is 0 Å². The van der Waals surface area contributed by atoms with Crippen molar-refractivity contribution < 1.29 is 0 Å². The van der Waals surface area contributed by atoms with Crippen LogP contribution in [0.3, 0.4) is 0 Å². The molecule has 1 aliphatic carbocycles. The molecule has 0 saturated heterocycles. The molecule has 8 aromatic rings. The van der Waals surface area contributed by atoms with Gasteiger partial charge in [0.2, 0.25) is 0 Å². The van der Waals surface area contributed by atoms with Crippen molar-refractivity contribution in [3.05, 3.63) is 176 Å². The van der Waals surface area contributed by atoms with Gasteiger partial charge in [-0.25, -0.2) is 15.0 Å². The monoisotopic (exact) mass is 642 g/mol. The van der Waals surface area contributed by atoms with Crippen molar-refractivity contribution in [1.82, 2.24) is 24.5 Å². The Morgan fingerprint density at radius 1 is 0.480 bits per heavy atom. The van der Waals surface area contributed by atoms with Crippen LogP contribution in [0.2, 0.25) is 0 Å². The van der Waals surface area contributed by atoms with Gasteiger partial charge in [0.15, 0.2) is 17.5 Å². The zero-order valence-corrected chi connectivity index (χ0v) is 27.0. The van der Waals surface area contributed by atoms with Gasteiger partial charge in [-0.1, -0.05) is 121 Å². The number of allylic oxidation sites excluding steroid dienone is 2. The molecule has 0 radical (unpaired) electrons. The number of hydrogen-bond donors (Lipinski definition) is 0. The molecule has 0 fully saturated rings. The standard InChI is InChI=1S/C44H30N6/c1-4-14-29(15-5-1)42-46-43(30-16-6-2-7-17-30)48-44(47-42)31-24-33(28-45-27-31)50-39-23-13-11-21-35(39)37-25-36-34-20-10-12-22-38(34)49(40(36)26-41(37)50)32-18-8-3-9-19-32/h1-28,34,38H. The van der Waals surface area contributed by atoms with E-state index < -0.39 is 0 Å². The maximum Gasteiger partial charge on any atom is 0.165 e. The van der Waals surface area contributed by atoms with E-state index in [9.17, 15) is 0 Å². The summed E-state index contributed by atoms with van der Waals surface area (Å²) in [6.45, 7) is 0. The Kier molecular flexibility index (Phi) is 6.52. The van der Waals surface area contributed by atoms with Gasteiger partial charge in [-0.05, 0) is 42.0 Å². The normalized spacial score (nSPS) is 16.2. The Morgan fingerprint density at radius 2 is 1.10 bits per heavy atom. The summed E-state index contributed by atoms with van der Waals surface area (Å²) in [5.74, 6) is 2.09. The number of hydrogen-bond acceptors (Lipinski definition) is 5. The van der Waals surface area contributed by atoms with E-state index >= 15 is 0 Å². The third-order valence-corrected chi connectivity index (χ3v) is 9.82. The molecule has 6 heteroatoms. The smallest absolute Gasteiger partial charge is 0.165 e. The molecule has 0 saturated carbocycles. The summed E-state index contributed by atoms with van der Waals surface area (Å²) in [6, 6.07) is 46.6. The lowest BCUT2D eigenvalue weighted by Crippen LogP contribution is -2.28. The lowest BCUT2D eigenvalue weighted by molar-refractivity contribution is 0.745. The topological polar surface area (TPSA) is 59.7 Å². The second-order valence-electron chi connectivity index (χ2n) is 12.7. The number of para-hydroxylation sites is 2. The molecular weight excluding hydrogens is 613 g/mol. The average molecular weight is 643 g/mol. The first kappa shape index (κ1) is 28.4. The molecule has 1 aliphatic heterocycles. The quantitative estimate of drug-likeness (QED) is 0.187. The lowest BCUT2D eigenvalue weighted by atomic mass is 9.90. The number of fused-ring (bicyclic) bond motifs is 6. The Bertz CT molecular complexity index is 2550. The van der Waals surface area contributed by atoms with Crippen LogP contribution in [0.1, 0.15) is 11.5 Å². The minimum Gasteiger partial charge on any atom is -0.333 e.